The van der Waals surface area contributed by atoms with Crippen LogP contribution in [-0.4, -0.2) is 5.91 Å². The van der Waals surface area contributed by atoms with Crippen molar-refractivity contribution < 1.29 is 4.79 Å². The number of thioether (sulfide) groups is 1. The second-order valence-corrected chi connectivity index (χ2v) is 6.30. The van der Waals surface area contributed by atoms with Crippen LogP contribution in [0.15, 0.2) is 34.5 Å². The number of rotatable bonds is 4. The zero-order chi connectivity index (χ0) is 13.8. The molecule has 2 rings (SSSR count). The Labute approximate surface area is 129 Å². The van der Waals surface area contributed by atoms with Gasteiger partial charge in [0.2, 0.25) is 0 Å². The highest BCUT2D eigenvalue weighted by molar-refractivity contribution is 7.98. The number of hydrogen-bond acceptors (Lipinski definition) is 4. The van der Waals surface area contributed by atoms with E-state index < -0.39 is 0 Å². The second-order valence-electron chi connectivity index (χ2n) is 3.59. The maximum atomic E-state index is 11.6. The van der Waals surface area contributed by atoms with Gasteiger partial charge in [-0.1, -0.05) is 29.3 Å². The van der Waals surface area contributed by atoms with E-state index in [-0.39, 0.29) is 5.91 Å². The van der Waals surface area contributed by atoms with E-state index in [1.807, 2.05) is 11.4 Å². The van der Waals surface area contributed by atoms with Gasteiger partial charge in [0, 0.05) is 10.6 Å². The molecule has 0 unspecified atom stereocenters. The normalized spacial score (nSPS) is 10.5. The molecule has 3 N–H and O–H groups in total. The first-order valence-corrected chi connectivity index (χ1v) is 7.89. The van der Waals surface area contributed by atoms with Gasteiger partial charge in [0.15, 0.2) is 0 Å². The molecular formula is C12H10Cl2N2OS2. The van der Waals surface area contributed by atoms with Gasteiger partial charge in [-0.05, 0) is 29.1 Å². The van der Waals surface area contributed by atoms with Crippen LogP contribution in [0.3, 0.4) is 0 Å². The van der Waals surface area contributed by atoms with Crippen molar-refractivity contribution in [3.63, 3.8) is 0 Å². The monoisotopic (exact) mass is 332 g/mol. The van der Waals surface area contributed by atoms with Crippen LogP contribution in [0.4, 0.5) is 0 Å². The zero-order valence-corrected chi connectivity index (χ0v) is 12.8. The fourth-order valence-corrected chi connectivity index (χ4v) is 4.08. The number of nitrogens with two attached hydrogens (primary N) is 1. The highest BCUT2D eigenvalue weighted by Crippen LogP contribution is 2.36. The van der Waals surface area contributed by atoms with Crippen LogP contribution in [0.1, 0.15) is 15.2 Å². The lowest BCUT2D eigenvalue weighted by Crippen LogP contribution is -2.29. The van der Waals surface area contributed by atoms with Gasteiger partial charge in [0.1, 0.15) is 0 Å². The van der Waals surface area contributed by atoms with Crippen LogP contribution in [0, 0.1) is 0 Å². The Hall–Kier alpha value is -0.720. The average molecular weight is 333 g/mol. The van der Waals surface area contributed by atoms with Crippen molar-refractivity contribution in [2.45, 2.75) is 10.6 Å². The molecule has 0 atom stereocenters. The number of amides is 1. The van der Waals surface area contributed by atoms with Crippen LogP contribution < -0.4 is 11.3 Å². The van der Waals surface area contributed by atoms with Gasteiger partial charge in [-0.3, -0.25) is 10.2 Å². The molecule has 100 valence electrons. The van der Waals surface area contributed by atoms with Gasteiger partial charge in [-0.2, -0.15) is 0 Å². The number of nitrogen functional groups attached to an aromatic ring is 1. The summed E-state index contributed by atoms with van der Waals surface area (Å²) in [4.78, 5) is 13.0. The molecule has 19 heavy (non-hydrogen) atoms. The molecule has 0 aliphatic carbocycles. The molecule has 0 aliphatic rings. The Morgan fingerprint density at radius 2 is 2.00 bits per heavy atom. The quantitative estimate of drug-likeness (QED) is 0.385. The van der Waals surface area contributed by atoms with Crippen LogP contribution >= 0.6 is 46.3 Å². The number of nitrogens with one attached hydrogen (secondary N) is 1. The van der Waals surface area contributed by atoms with Crippen LogP contribution in [-0.2, 0) is 5.75 Å². The first-order valence-electron chi connectivity index (χ1n) is 5.27. The van der Waals surface area contributed by atoms with Gasteiger partial charge in [0.05, 0.1) is 14.9 Å². The first kappa shape index (κ1) is 14.7. The third kappa shape index (κ3) is 3.43. The number of benzene rings is 1. The summed E-state index contributed by atoms with van der Waals surface area (Å²) < 4.78 is 0. The highest BCUT2D eigenvalue weighted by atomic mass is 35.5. The summed E-state index contributed by atoms with van der Waals surface area (Å²) in [5, 5.41) is 3.07. The number of halogens is 2. The Kier molecular flexibility index (Phi) is 5.13. The predicted molar refractivity (Wildman–Crippen MR) is 82.0 cm³/mol. The molecule has 0 bridgehead atoms. The number of hydrogen-bond donors (Lipinski definition) is 2. The fraction of sp³-hybridized carbons (Fsp3) is 0.0833. The molecule has 3 nitrogen and oxygen atoms in total. The summed E-state index contributed by atoms with van der Waals surface area (Å²) in [6.45, 7) is 0. The van der Waals surface area contributed by atoms with Crippen molar-refractivity contribution in [1.82, 2.24) is 5.43 Å². The third-order valence-corrected chi connectivity index (χ3v) is 5.37. The van der Waals surface area contributed by atoms with E-state index in [0.29, 0.717) is 20.7 Å². The third-order valence-electron chi connectivity index (χ3n) is 2.38. The number of hydrazine groups is 1. The van der Waals surface area contributed by atoms with E-state index in [1.54, 1.807) is 18.2 Å². The van der Waals surface area contributed by atoms with E-state index in [0.717, 1.165) is 10.5 Å². The second kappa shape index (κ2) is 6.63. The topological polar surface area (TPSA) is 55.1 Å². The molecule has 1 heterocycles. The number of thiophene rings is 1. The fourth-order valence-electron chi connectivity index (χ4n) is 1.48. The van der Waals surface area contributed by atoms with Crippen LogP contribution in [0.5, 0.6) is 0 Å². The molecule has 0 fully saturated rings. The first-order chi connectivity index (χ1) is 9.13. The van der Waals surface area contributed by atoms with Gasteiger partial charge in [-0.15, -0.1) is 23.1 Å². The van der Waals surface area contributed by atoms with Gasteiger partial charge < -0.3 is 0 Å². The van der Waals surface area contributed by atoms with E-state index in [9.17, 15) is 4.79 Å². The maximum Gasteiger partial charge on any atom is 0.275 e. The van der Waals surface area contributed by atoms with Crippen LogP contribution in [0.2, 0.25) is 10.0 Å². The van der Waals surface area contributed by atoms with E-state index in [2.05, 4.69) is 5.43 Å². The Morgan fingerprint density at radius 3 is 2.63 bits per heavy atom. The summed E-state index contributed by atoms with van der Waals surface area (Å²) in [7, 11) is 0. The molecule has 0 spiro atoms. The summed E-state index contributed by atoms with van der Waals surface area (Å²) in [6, 6.07) is 7.27. The summed E-state index contributed by atoms with van der Waals surface area (Å²) in [5.74, 6) is 5.47. The Bertz CT molecular complexity index is 581. The van der Waals surface area contributed by atoms with Gasteiger partial charge in [0.25, 0.3) is 5.91 Å². The minimum absolute atomic E-state index is 0.282. The molecule has 1 aromatic heterocycles. The van der Waals surface area contributed by atoms with E-state index in [1.165, 1.54) is 23.1 Å². The van der Waals surface area contributed by atoms with Crippen molar-refractivity contribution in [2.24, 2.45) is 5.84 Å². The molecule has 7 heteroatoms. The largest absolute Gasteiger partial charge is 0.289 e. The minimum Gasteiger partial charge on any atom is -0.289 e. The Balaban J connectivity index is 2.15. The lowest BCUT2D eigenvalue weighted by atomic mass is 10.3. The predicted octanol–water partition coefficient (Wildman–Crippen LogP) is 3.95. The van der Waals surface area contributed by atoms with Crippen molar-refractivity contribution in [3.05, 3.63) is 50.1 Å². The van der Waals surface area contributed by atoms with Crippen molar-refractivity contribution in [1.29, 1.82) is 0 Å². The average Bonchev–Trinajstić information content (AvgIpc) is 2.85. The molecule has 0 saturated carbocycles. The van der Waals surface area contributed by atoms with E-state index in [4.69, 9.17) is 29.0 Å². The zero-order valence-electron chi connectivity index (χ0n) is 9.65. The molecule has 1 aromatic carbocycles. The van der Waals surface area contributed by atoms with Gasteiger partial charge >= 0.3 is 0 Å². The van der Waals surface area contributed by atoms with Crippen molar-refractivity contribution in [3.8, 4) is 0 Å². The maximum absolute atomic E-state index is 11.6. The van der Waals surface area contributed by atoms with E-state index >= 15 is 0 Å². The number of carbonyl (C=O) groups excluding carboxylic acids is 1. The summed E-state index contributed by atoms with van der Waals surface area (Å²) in [5.41, 5.74) is 3.05. The molecule has 2 aromatic rings. The van der Waals surface area contributed by atoms with Crippen molar-refractivity contribution >= 4 is 52.2 Å². The molecule has 0 radical (unpaired) electrons. The molecule has 1 amide bonds. The lowest BCUT2D eigenvalue weighted by molar-refractivity contribution is 0.0957. The number of carbonyl (C=O) groups is 1. The molecule has 0 aliphatic heterocycles. The highest BCUT2D eigenvalue weighted by Gasteiger charge is 2.13. The standard InChI is InChI=1S/C12H10Cl2N2OS2/c13-8-2-1-3-9(14)11(8)19-6-7-4-5-18-10(7)12(17)16-15/h1-5H,6,15H2,(H,16,17). The Morgan fingerprint density at radius 1 is 1.32 bits per heavy atom. The van der Waals surface area contributed by atoms with Crippen LogP contribution in [0.25, 0.3) is 0 Å². The SMILES string of the molecule is NNC(=O)c1sccc1CSc1c(Cl)cccc1Cl. The smallest absolute Gasteiger partial charge is 0.275 e. The minimum atomic E-state index is -0.282. The molecular weight excluding hydrogens is 323 g/mol. The van der Waals surface area contributed by atoms with Gasteiger partial charge in [-0.25, -0.2) is 5.84 Å². The lowest BCUT2D eigenvalue weighted by Gasteiger charge is -2.06. The summed E-state index contributed by atoms with van der Waals surface area (Å²) in [6.07, 6.45) is 0. The van der Waals surface area contributed by atoms with Crippen molar-refractivity contribution in [2.75, 3.05) is 0 Å². The summed E-state index contributed by atoms with van der Waals surface area (Å²) >= 11 is 15.0. The molecule has 0 saturated heterocycles.